The summed E-state index contributed by atoms with van der Waals surface area (Å²) in [5.41, 5.74) is 0.730. The molecule has 2 rings (SSSR count). The van der Waals surface area contributed by atoms with Crippen LogP contribution in [0.25, 0.3) is 0 Å². The maximum atomic E-state index is 13.1. The Kier molecular flexibility index (Phi) is 7.68. The molecule has 0 aliphatic heterocycles. The number of carbonyl (C=O) groups is 1. The molecule has 0 unspecified atom stereocenters. The number of amides is 1. The minimum absolute atomic E-state index is 0.0342. The third-order valence-electron chi connectivity index (χ3n) is 4.06. The molecule has 2 aromatic rings. The Balaban J connectivity index is 2.31. The molecule has 0 radical (unpaired) electrons. The number of rotatable bonds is 8. The number of nitrogens with zero attached hydrogens (tertiary/aromatic N) is 1. The van der Waals surface area contributed by atoms with E-state index in [1.54, 1.807) is 24.3 Å². The molecule has 27 heavy (non-hydrogen) atoms. The Morgan fingerprint density at radius 1 is 1.04 bits per heavy atom. The predicted molar refractivity (Wildman–Crippen MR) is 108 cm³/mol. The lowest BCUT2D eigenvalue weighted by molar-refractivity contribution is -0.122. The van der Waals surface area contributed by atoms with Gasteiger partial charge in [0.2, 0.25) is 15.9 Å². The fraction of sp³-hybridized carbons (Fsp3) is 0.316. The molecule has 0 bridgehead atoms. The van der Waals surface area contributed by atoms with E-state index in [2.05, 4.69) is 5.32 Å². The van der Waals surface area contributed by atoms with Gasteiger partial charge in [0.1, 0.15) is 0 Å². The van der Waals surface area contributed by atoms with Crippen molar-refractivity contribution in [2.75, 3.05) is 6.54 Å². The Labute approximate surface area is 170 Å². The number of nitrogens with one attached hydrogen (secondary N) is 1. The zero-order valence-electron chi connectivity index (χ0n) is 15.2. The van der Waals surface area contributed by atoms with Crippen LogP contribution in [-0.2, 0) is 21.4 Å². The smallest absolute Gasteiger partial charge is 0.243 e. The number of sulfonamides is 1. The molecule has 0 saturated carbocycles. The summed E-state index contributed by atoms with van der Waals surface area (Å²) >= 11 is 11.8. The molecule has 0 spiro atoms. The molecule has 146 valence electrons. The molecule has 2 aromatic carbocycles. The molecule has 0 saturated heterocycles. The van der Waals surface area contributed by atoms with Crippen LogP contribution < -0.4 is 5.32 Å². The van der Waals surface area contributed by atoms with Crippen molar-refractivity contribution in [3.05, 3.63) is 64.1 Å². The summed E-state index contributed by atoms with van der Waals surface area (Å²) in [4.78, 5) is 12.4. The van der Waals surface area contributed by atoms with Crippen LogP contribution in [0, 0.1) is 0 Å². The monoisotopic (exact) mass is 428 g/mol. The van der Waals surface area contributed by atoms with Crippen molar-refractivity contribution in [2.45, 2.75) is 37.8 Å². The van der Waals surface area contributed by atoms with E-state index in [1.807, 2.05) is 13.8 Å². The molecule has 0 aliphatic rings. The first-order chi connectivity index (χ1) is 12.7. The molecular formula is C19H22Cl2N2O3S. The van der Waals surface area contributed by atoms with Crippen molar-refractivity contribution in [1.82, 2.24) is 9.62 Å². The van der Waals surface area contributed by atoms with Crippen molar-refractivity contribution in [3.8, 4) is 0 Å². The van der Waals surface area contributed by atoms with E-state index in [1.165, 1.54) is 24.3 Å². The van der Waals surface area contributed by atoms with Crippen LogP contribution in [0.5, 0.6) is 0 Å². The van der Waals surface area contributed by atoms with E-state index in [-0.39, 0.29) is 29.9 Å². The zero-order chi connectivity index (χ0) is 20.0. The lowest BCUT2D eigenvalue weighted by Crippen LogP contribution is -2.43. The van der Waals surface area contributed by atoms with Gasteiger partial charge in [-0.15, -0.1) is 0 Å². The largest absolute Gasteiger partial charge is 0.353 e. The number of hydrogen-bond donors (Lipinski definition) is 1. The first-order valence-electron chi connectivity index (χ1n) is 8.52. The second-order valence-corrected chi connectivity index (χ2v) is 9.04. The highest BCUT2D eigenvalue weighted by atomic mass is 35.5. The van der Waals surface area contributed by atoms with Gasteiger partial charge in [-0.25, -0.2) is 8.42 Å². The average Bonchev–Trinajstić information content (AvgIpc) is 2.63. The first kappa shape index (κ1) is 21.7. The summed E-state index contributed by atoms with van der Waals surface area (Å²) in [6.07, 6.45) is 0.757. The van der Waals surface area contributed by atoms with Crippen LogP contribution in [0.2, 0.25) is 10.0 Å². The van der Waals surface area contributed by atoms with E-state index in [9.17, 15) is 13.2 Å². The van der Waals surface area contributed by atoms with Crippen LogP contribution in [0.1, 0.15) is 25.8 Å². The van der Waals surface area contributed by atoms with E-state index in [4.69, 9.17) is 23.2 Å². The van der Waals surface area contributed by atoms with E-state index < -0.39 is 10.0 Å². The Morgan fingerprint density at radius 3 is 2.07 bits per heavy atom. The number of halogens is 2. The molecular weight excluding hydrogens is 407 g/mol. The topological polar surface area (TPSA) is 66.5 Å². The van der Waals surface area contributed by atoms with Crippen molar-refractivity contribution in [2.24, 2.45) is 0 Å². The molecule has 0 fully saturated rings. The maximum Gasteiger partial charge on any atom is 0.243 e. The van der Waals surface area contributed by atoms with Gasteiger partial charge in [0.05, 0.1) is 11.4 Å². The van der Waals surface area contributed by atoms with Crippen molar-refractivity contribution in [1.29, 1.82) is 0 Å². The molecule has 8 heteroatoms. The second-order valence-electron chi connectivity index (χ2n) is 6.23. The highest BCUT2D eigenvalue weighted by Crippen LogP contribution is 2.21. The summed E-state index contributed by atoms with van der Waals surface area (Å²) in [6, 6.07) is 12.7. The number of benzene rings is 2. The Hall–Kier alpha value is -1.60. The van der Waals surface area contributed by atoms with Crippen LogP contribution in [-0.4, -0.2) is 31.2 Å². The summed E-state index contributed by atoms with van der Waals surface area (Å²) in [6.45, 7) is 3.59. The van der Waals surface area contributed by atoms with Crippen molar-refractivity contribution < 1.29 is 13.2 Å². The van der Waals surface area contributed by atoms with Gasteiger partial charge in [0, 0.05) is 22.6 Å². The van der Waals surface area contributed by atoms with Gasteiger partial charge in [0.25, 0.3) is 0 Å². The minimum Gasteiger partial charge on any atom is -0.353 e. The predicted octanol–water partition coefficient (Wildman–Crippen LogP) is 4.10. The van der Waals surface area contributed by atoms with Gasteiger partial charge >= 0.3 is 0 Å². The van der Waals surface area contributed by atoms with Gasteiger partial charge in [-0.05, 0) is 55.3 Å². The number of carbonyl (C=O) groups excluding carboxylic acids is 1. The molecule has 0 heterocycles. The van der Waals surface area contributed by atoms with Gasteiger partial charge in [-0.3, -0.25) is 4.79 Å². The summed E-state index contributed by atoms with van der Waals surface area (Å²) in [5.74, 6) is -0.351. The fourth-order valence-corrected chi connectivity index (χ4v) is 3.99. The molecule has 1 atom stereocenters. The molecule has 5 nitrogen and oxygen atoms in total. The first-order valence-corrected chi connectivity index (χ1v) is 10.7. The molecule has 1 N–H and O–H groups in total. The molecule has 0 aromatic heterocycles. The molecule has 1 amide bonds. The Bertz CT molecular complexity index is 869. The maximum absolute atomic E-state index is 13.1. The fourth-order valence-electron chi connectivity index (χ4n) is 2.36. The average molecular weight is 429 g/mol. The van der Waals surface area contributed by atoms with E-state index >= 15 is 0 Å². The van der Waals surface area contributed by atoms with Gasteiger partial charge < -0.3 is 5.32 Å². The van der Waals surface area contributed by atoms with Crippen LogP contribution in [0.3, 0.4) is 0 Å². The van der Waals surface area contributed by atoms with Crippen molar-refractivity contribution >= 4 is 39.1 Å². The lowest BCUT2D eigenvalue weighted by atomic mass is 10.2. The van der Waals surface area contributed by atoms with Crippen molar-refractivity contribution in [3.63, 3.8) is 0 Å². The van der Waals surface area contributed by atoms with E-state index in [0.717, 1.165) is 16.3 Å². The van der Waals surface area contributed by atoms with Crippen LogP contribution in [0.4, 0.5) is 0 Å². The SMILES string of the molecule is CC[C@H](C)NC(=O)CN(Cc1ccc(Cl)cc1)S(=O)(=O)c1ccc(Cl)cc1. The summed E-state index contributed by atoms with van der Waals surface area (Å²) < 4.78 is 27.3. The normalized spacial score (nSPS) is 12.8. The summed E-state index contributed by atoms with van der Waals surface area (Å²) in [7, 11) is -3.88. The standard InChI is InChI=1S/C19H22Cl2N2O3S/c1-3-14(2)22-19(24)13-23(12-15-4-6-16(20)7-5-15)27(25,26)18-10-8-17(21)9-11-18/h4-11,14H,3,12-13H2,1-2H3,(H,22,24)/t14-/m0/s1. The van der Waals surface area contributed by atoms with Gasteiger partial charge in [-0.1, -0.05) is 42.3 Å². The molecule has 0 aliphatic carbocycles. The lowest BCUT2D eigenvalue weighted by Gasteiger charge is -2.23. The zero-order valence-corrected chi connectivity index (χ0v) is 17.5. The van der Waals surface area contributed by atoms with Crippen LogP contribution >= 0.6 is 23.2 Å². The third kappa shape index (κ3) is 6.21. The van der Waals surface area contributed by atoms with Gasteiger partial charge in [-0.2, -0.15) is 4.31 Å². The third-order valence-corrected chi connectivity index (χ3v) is 6.37. The quantitative estimate of drug-likeness (QED) is 0.687. The van der Waals surface area contributed by atoms with E-state index in [0.29, 0.717) is 10.0 Å². The highest BCUT2D eigenvalue weighted by Gasteiger charge is 2.27. The number of hydrogen-bond acceptors (Lipinski definition) is 3. The Morgan fingerprint density at radius 2 is 1.56 bits per heavy atom. The van der Waals surface area contributed by atoms with Crippen LogP contribution in [0.15, 0.2) is 53.4 Å². The highest BCUT2D eigenvalue weighted by molar-refractivity contribution is 7.89. The minimum atomic E-state index is -3.88. The summed E-state index contributed by atoms with van der Waals surface area (Å²) in [5, 5.41) is 3.79. The second kappa shape index (κ2) is 9.55. The van der Waals surface area contributed by atoms with Gasteiger partial charge in [0.15, 0.2) is 0 Å².